The van der Waals surface area contributed by atoms with E-state index in [4.69, 9.17) is 11.6 Å². The lowest BCUT2D eigenvalue weighted by atomic mass is 10.2. The molecule has 0 aliphatic rings. The maximum atomic E-state index is 11.5. The molecule has 3 N–H and O–H groups in total. The lowest BCUT2D eigenvalue weighted by molar-refractivity contribution is 0.606. The molecule has 0 aromatic heterocycles. The van der Waals surface area contributed by atoms with Crippen LogP contribution in [0.5, 0.6) is 0 Å². The van der Waals surface area contributed by atoms with E-state index in [1.54, 1.807) is 12.1 Å². The molecule has 0 saturated heterocycles. The summed E-state index contributed by atoms with van der Waals surface area (Å²) in [7, 11) is -3.33. The highest BCUT2D eigenvalue weighted by atomic mass is 35.5. The lowest BCUT2D eigenvalue weighted by Crippen LogP contribution is -2.37. The maximum Gasteiger partial charge on any atom is 0.229 e. The van der Waals surface area contributed by atoms with E-state index in [0.29, 0.717) is 36.3 Å². The number of hydrogen-bond acceptors (Lipinski definition) is 3. The van der Waals surface area contributed by atoms with Crippen LogP contribution in [0.2, 0.25) is 5.02 Å². The van der Waals surface area contributed by atoms with E-state index >= 15 is 0 Å². The van der Waals surface area contributed by atoms with Crippen molar-refractivity contribution in [3.8, 4) is 0 Å². The molecule has 2 rings (SSSR count). The molecular weight excluding hydrogens is 372 g/mol. The molecule has 0 bridgehead atoms. The summed E-state index contributed by atoms with van der Waals surface area (Å²) in [6.07, 6.45) is 1.13. The Kier molecular flexibility index (Phi) is 7.29. The second kappa shape index (κ2) is 9.45. The average molecular weight is 395 g/mol. The molecule has 0 saturated carbocycles. The fraction of sp³-hybridized carbons (Fsp3) is 0.278. The van der Waals surface area contributed by atoms with Gasteiger partial charge in [0.05, 0.1) is 18.5 Å². The largest absolute Gasteiger partial charge is 0.357 e. The number of anilines is 1. The van der Waals surface area contributed by atoms with Gasteiger partial charge in [-0.2, -0.15) is 0 Å². The minimum Gasteiger partial charge on any atom is -0.357 e. The zero-order chi connectivity index (χ0) is 19.0. The van der Waals surface area contributed by atoms with E-state index in [2.05, 4.69) is 20.3 Å². The van der Waals surface area contributed by atoms with E-state index in [-0.39, 0.29) is 0 Å². The van der Waals surface area contributed by atoms with Gasteiger partial charge in [-0.1, -0.05) is 41.9 Å². The minimum absolute atomic E-state index is 0.431. The first-order valence-electron chi connectivity index (χ1n) is 8.19. The number of para-hydroxylation sites is 1. The van der Waals surface area contributed by atoms with Gasteiger partial charge in [-0.25, -0.2) is 13.4 Å². The monoisotopic (exact) mass is 394 g/mol. The van der Waals surface area contributed by atoms with Crippen molar-refractivity contribution in [2.45, 2.75) is 20.0 Å². The summed E-state index contributed by atoms with van der Waals surface area (Å²) in [5, 5.41) is 7.07. The Morgan fingerprint density at radius 1 is 1.12 bits per heavy atom. The third-order valence-electron chi connectivity index (χ3n) is 3.41. The van der Waals surface area contributed by atoms with Crippen LogP contribution in [-0.4, -0.2) is 27.2 Å². The van der Waals surface area contributed by atoms with Gasteiger partial charge in [0, 0.05) is 18.1 Å². The quantitative estimate of drug-likeness (QED) is 0.498. The molecule has 0 aliphatic carbocycles. The Morgan fingerprint density at radius 2 is 1.88 bits per heavy atom. The van der Waals surface area contributed by atoms with Crippen molar-refractivity contribution in [3.05, 3.63) is 64.7 Å². The Labute approximate surface area is 159 Å². The fourth-order valence-electron chi connectivity index (χ4n) is 2.30. The molecule has 0 unspecified atom stereocenters. The molecule has 26 heavy (non-hydrogen) atoms. The number of hydrogen-bond donors (Lipinski definition) is 3. The zero-order valence-electron chi connectivity index (χ0n) is 14.8. The van der Waals surface area contributed by atoms with Gasteiger partial charge in [-0.05, 0) is 36.2 Å². The molecule has 0 aliphatic heterocycles. The molecule has 0 fully saturated rings. The lowest BCUT2D eigenvalue weighted by Gasteiger charge is -2.14. The number of nitrogens with zero attached hydrogens (tertiary/aromatic N) is 1. The molecular formula is C18H23ClN4O2S. The third kappa shape index (κ3) is 6.93. The molecule has 0 heterocycles. The van der Waals surface area contributed by atoms with Crippen molar-refractivity contribution in [1.29, 1.82) is 0 Å². The SMILES string of the molecule is CCNC(=NCc1cccc(Cl)c1)NCc1ccccc1NS(C)(=O)=O. The molecule has 0 amide bonds. The van der Waals surface area contributed by atoms with Gasteiger partial charge in [-0.3, -0.25) is 4.72 Å². The van der Waals surface area contributed by atoms with E-state index in [9.17, 15) is 8.42 Å². The third-order valence-corrected chi connectivity index (χ3v) is 4.24. The van der Waals surface area contributed by atoms with Crippen molar-refractivity contribution in [3.63, 3.8) is 0 Å². The van der Waals surface area contributed by atoms with Crippen LogP contribution in [0.1, 0.15) is 18.1 Å². The Hall–Kier alpha value is -2.25. The van der Waals surface area contributed by atoms with E-state index in [1.165, 1.54) is 0 Å². The highest BCUT2D eigenvalue weighted by Crippen LogP contribution is 2.16. The van der Waals surface area contributed by atoms with E-state index in [0.717, 1.165) is 17.4 Å². The summed E-state index contributed by atoms with van der Waals surface area (Å²) in [6, 6.07) is 14.8. The predicted octanol–water partition coefficient (Wildman–Crippen LogP) is 2.97. The van der Waals surface area contributed by atoms with Crippen LogP contribution in [0.15, 0.2) is 53.5 Å². The summed E-state index contributed by atoms with van der Waals surface area (Å²) in [5.74, 6) is 0.640. The maximum absolute atomic E-state index is 11.5. The smallest absolute Gasteiger partial charge is 0.229 e. The number of sulfonamides is 1. The van der Waals surface area contributed by atoms with Gasteiger partial charge in [0.2, 0.25) is 10.0 Å². The van der Waals surface area contributed by atoms with Crippen molar-refractivity contribution in [1.82, 2.24) is 10.6 Å². The molecule has 6 nitrogen and oxygen atoms in total. The van der Waals surface area contributed by atoms with Crippen molar-refractivity contribution in [2.75, 3.05) is 17.5 Å². The summed E-state index contributed by atoms with van der Waals surface area (Å²) >= 11 is 6.00. The molecule has 2 aromatic carbocycles. The molecule has 0 atom stereocenters. The van der Waals surface area contributed by atoms with Crippen LogP contribution in [-0.2, 0) is 23.1 Å². The van der Waals surface area contributed by atoms with Gasteiger partial charge >= 0.3 is 0 Å². The normalized spacial score (nSPS) is 11.9. The number of halogens is 1. The standard InChI is InChI=1S/C18H23ClN4O2S/c1-3-20-18(21-12-14-7-6-9-16(19)11-14)22-13-15-8-4-5-10-17(15)23-26(2,24)25/h4-11,23H,3,12-13H2,1-2H3,(H2,20,21,22). The van der Waals surface area contributed by atoms with Gasteiger partial charge in [0.1, 0.15) is 0 Å². The Bertz CT molecular complexity index is 869. The van der Waals surface area contributed by atoms with Crippen molar-refractivity contribution in [2.24, 2.45) is 4.99 Å². The minimum atomic E-state index is -3.33. The molecule has 140 valence electrons. The Balaban J connectivity index is 2.08. The highest BCUT2D eigenvalue weighted by Gasteiger charge is 2.07. The number of rotatable bonds is 7. The predicted molar refractivity (Wildman–Crippen MR) is 108 cm³/mol. The summed E-state index contributed by atoms with van der Waals surface area (Å²) in [4.78, 5) is 4.54. The van der Waals surface area contributed by atoms with Crippen molar-refractivity contribution < 1.29 is 8.42 Å². The topological polar surface area (TPSA) is 82.6 Å². The molecule has 2 aromatic rings. The average Bonchev–Trinajstić information content (AvgIpc) is 2.57. The zero-order valence-corrected chi connectivity index (χ0v) is 16.4. The summed E-state index contributed by atoms with van der Waals surface area (Å²) in [5.41, 5.74) is 2.38. The van der Waals surface area contributed by atoms with E-state index in [1.807, 2.05) is 43.3 Å². The number of nitrogens with one attached hydrogen (secondary N) is 3. The summed E-state index contributed by atoms with van der Waals surface area (Å²) in [6.45, 7) is 3.61. The first-order chi connectivity index (χ1) is 12.4. The number of benzene rings is 2. The van der Waals surface area contributed by atoms with Crippen LogP contribution < -0.4 is 15.4 Å². The second-order valence-corrected chi connectivity index (χ2v) is 7.89. The van der Waals surface area contributed by atoms with Crippen LogP contribution in [0.4, 0.5) is 5.69 Å². The van der Waals surface area contributed by atoms with Crippen LogP contribution in [0.25, 0.3) is 0 Å². The first-order valence-corrected chi connectivity index (χ1v) is 10.5. The van der Waals surface area contributed by atoms with Gasteiger partial charge < -0.3 is 10.6 Å². The number of guanidine groups is 1. The fourth-order valence-corrected chi connectivity index (χ4v) is 3.11. The van der Waals surface area contributed by atoms with Crippen molar-refractivity contribution >= 4 is 33.3 Å². The Morgan fingerprint density at radius 3 is 2.58 bits per heavy atom. The van der Waals surface area contributed by atoms with Gasteiger partial charge in [-0.15, -0.1) is 0 Å². The van der Waals surface area contributed by atoms with Gasteiger partial charge in [0.15, 0.2) is 5.96 Å². The molecule has 0 radical (unpaired) electrons. The second-order valence-electron chi connectivity index (χ2n) is 5.71. The first kappa shape index (κ1) is 20.1. The van der Waals surface area contributed by atoms with Crippen LogP contribution >= 0.6 is 11.6 Å². The number of aliphatic imine (C=N–C) groups is 1. The van der Waals surface area contributed by atoms with Gasteiger partial charge in [0.25, 0.3) is 0 Å². The highest BCUT2D eigenvalue weighted by molar-refractivity contribution is 7.92. The van der Waals surface area contributed by atoms with E-state index < -0.39 is 10.0 Å². The van der Waals surface area contributed by atoms with Crippen LogP contribution in [0.3, 0.4) is 0 Å². The van der Waals surface area contributed by atoms with Crippen LogP contribution in [0, 0.1) is 0 Å². The molecule has 8 heteroatoms. The molecule has 0 spiro atoms. The summed E-state index contributed by atoms with van der Waals surface area (Å²) < 4.78 is 25.5.